The molecule has 27 heavy (non-hydrogen) atoms. The summed E-state index contributed by atoms with van der Waals surface area (Å²) in [6, 6.07) is 8.05. The van der Waals surface area contributed by atoms with E-state index in [9.17, 15) is 0 Å². The smallest absolute Gasteiger partial charge is 0.288 e. The van der Waals surface area contributed by atoms with Crippen LogP contribution in [0.3, 0.4) is 0 Å². The average molecular weight is 408 g/mol. The van der Waals surface area contributed by atoms with E-state index in [0.29, 0.717) is 11.5 Å². The van der Waals surface area contributed by atoms with Crippen molar-refractivity contribution in [2.45, 2.75) is 32.5 Å². The molecule has 3 heterocycles. The number of nitrogens with zero attached hydrogens (tertiary/aromatic N) is 5. The van der Waals surface area contributed by atoms with Crippen LogP contribution < -0.4 is 4.90 Å². The minimum atomic E-state index is 0.472. The molecule has 6 nitrogen and oxygen atoms in total. The lowest BCUT2D eigenvalue weighted by molar-refractivity contribution is 0.191. The number of piperazine rings is 1. The van der Waals surface area contributed by atoms with Crippen LogP contribution in [0.25, 0.3) is 0 Å². The summed E-state index contributed by atoms with van der Waals surface area (Å²) in [5.41, 5.74) is 1.18. The second-order valence-electron chi connectivity index (χ2n) is 7.32. The predicted octanol–water partition coefficient (Wildman–Crippen LogP) is 3.62. The van der Waals surface area contributed by atoms with Gasteiger partial charge in [-0.25, -0.2) is 4.68 Å². The summed E-state index contributed by atoms with van der Waals surface area (Å²) >= 11 is 11.5. The number of hydrogen-bond donors (Lipinski definition) is 0. The van der Waals surface area contributed by atoms with Crippen molar-refractivity contribution in [3.63, 3.8) is 0 Å². The SMILES string of the molecule is S=c1oc(CN2CCCCC2)nn1CN1CCN(c2cccc(Cl)c2)CC1. The number of likely N-dealkylation sites (tertiary alicyclic amines) is 1. The van der Waals surface area contributed by atoms with Crippen molar-refractivity contribution >= 4 is 29.5 Å². The Balaban J connectivity index is 1.32. The van der Waals surface area contributed by atoms with E-state index in [1.165, 1.54) is 24.9 Å². The second kappa shape index (κ2) is 8.73. The molecule has 0 aliphatic carbocycles. The van der Waals surface area contributed by atoms with Gasteiger partial charge in [-0.3, -0.25) is 9.80 Å². The van der Waals surface area contributed by atoms with Crippen LogP contribution >= 0.6 is 23.8 Å². The molecule has 0 amide bonds. The number of piperidine rings is 1. The average Bonchev–Trinajstić information content (AvgIpc) is 3.02. The Morgan fingerprint density at radius 2 is 1.78 bits per heavy atom. The van der Waals surface area contributed by atoms with Gasteiger partial charge in [0, 0.05) is 36.9 Å². The van der Waals surface area contributed by atoms with Gasteiger partial charge in [0.25, 0.3) is 4.84 Å². The maximum absolute atomic E-state index is 6.12. The molecule has 2 aliphatic heterocycles. The molecule has 0 spiro atoms. The second-order valence-corrected chi connectivity index (χ2v) is 8.11. The van der Waals surface area contributed by atoms with Crippen molar-refractivity contribution < 1.29 is 4.42 Å². The Morgan fingerprint density at radius 3 is 2.52 bits per heavy atom. The Labute approximate surface area is 170 Å². The van der Waals surface area contributed by atoms with Gasteiger partial charge in [-0.1, -0.05) is 24.1 Å². The first-order chi connectivity index (χ1) is 13.2. The van der Waals surface area contributed by atoms with Crippen molar-refractivity contribution in [1.82, 2.24) is 19.6 Å². The Kier molecular flexibility index (Phi) is 6.12. The zero-order valence-electron chi connectivity index (χ0n) is 15.5. The van der Waals surface area contributed by atoms with E-state index in [0.717, 1.165) is 56.7 Å². The lowest BCUT2D eigenvalue weighted by Crippen LogP contribution is -2.47. The molecular weight excluding hydrogens is 382 g/mol. The van der Waals surface area contributed by atoms with Gasteiger partial charge in [0.1, 0.15) is 0 Å². The first-order valence-corrected chi connectivity index (χ1v) is 10.5. The Bertz CT molecular complexity index is 808. The molecule has 2 fully saturated rings. The fourth-order valence-corrected chi connectivity index (χ4v) is 4.20. The van der Waals surface area contributed by atoms with E-state index in [4.69, 9.17) is 28.2 Å². The highest BCUT2D eigenvalue weighted by atomic mass is 35.5. The third-order valence-electron chi connectivity index (χ3n) is 5.34. The predicted molar refractivity (Wildman–Crippen MR) is 110 cm³/mol. The van der Waals surface area contributed by atoms with Gasteiger partial charge in [0.2, 0.25) is 5.89 Å². The molecule has 0 radical (unpaired) electrons. The van der Waals surface area contributed by atoms with Gasteiger partial charge in [-0.2, -0.15) is 0 Å². The maximum Gasteiger partial charge on any atom is 0.288 e. The quantitative estimate of drug-likeness (QED) is 0.705. The summed E-state index contributed by atoms with van der Waals surface area (Å²) in [6.45, 7) is 7.55. The van der Waals surface area contributed by atoms with Gasteiger partial charge in [0.15, 0.2) is 0 Å². The highest BCUT2D eigenvalue weighted by Gasteiger charge is 2.20. The molecule has 146 valence electrons. The zero-order valence-corrected chi connectivity index (χ0v) is 17.1. The van der Waals surface area contributed by atoms with E-state index in [-0.39, 0.29) is 0 Å². The zero-order chi connectivity index (χ0) is 18.6. The minimum absolute atomic E-state index is 0.472. The Morgan fingerprint density at radius 1 is 1.00 bits per heavy atom. The fraction of sp³-hybridized carbons (Fsp3) is 0.579. The van der Waals surface area contributed by atoms with Crippen molar-refractivity contribution in [3.8, 4) is 0 Å². The monoisotopic (exact) mass is 407 g/mol. The van der Waals surface area contributed by atoms with E-state index < -0.39 is 0 Å². The van der Waals surface area contributed by atoms with E-state index in [1.807, 2.05) is 22.9 Å². The van der Waals surface area contributed by atoms with Crippen LogP contribution in [-0.2, 0) is 13.2 Å². The topological polar surface area (TPSA) is 40.7 Å². The molecule has 2 saturated heterocycles. The molecule has 1 aromatic carbocycles. The van der Waals surface area contributed by atoms with Crippen LogP contribution in [0.5, 0.6) is 0 Å². The molecule has 0 atom stereocenters. The number of rotatable bonds is 5. The lowest BCUT2D eigenvalue weighted by atomic mass is 10.1. The minimum Gasteiger partial charge on any atom is -0.412 e. The molecule has 0 unspecified atom stereocenters. The molecule has 2 aliphatic rings. The van der Waals surface area contributed by atoms with Crippen LogP contribution in [0, 0.1) is 4.84 Å². The van der Waals surface area contributed by atoms with Crippen LogP contribution in [-0.4, -0.2) is 58.8 Å². The van der Waals surface area contributed by atoms with Crippen LogP contribution in [0.2, 0.25) is 5.02 Å². The first-order valence-electron chi connectivity index (χ1n) is 9.69. The summed E-state index contributed by atoms with van der Waals surface area (Å²) < 4.78 is 7.56. The molecular formula is C19H26ClN5OS. The Hall–Kier alpha value is -1.41. The molecule has 0 N–H and O–H groups in total. The summed E-state index contributed by atoms with van der Waals surface area (Å²) in [5.74, 6) is 0.736. The van der Waals surface area contributed by atoms with Crippen LogP contribution in [0.4, 0.5) is 5.69 Å². The number of hydrogen-bond acceptors (Lipinski definition) is 6. The molecule has 2 aromatic rings. The normalized spacial score (nSPS) is 19.5. The van der Waals surface area contributed by atoms with E-state index in [2.05, 4.69) is 25.9 Å². The highest BCUT2D eigenvalue weighted by Crippen LogP contribution is 2.21. The van der Waals surface area contributed by atoms with Crippen molar-refractivity contribution in [2.75, 3.05) is 44.2 Å². The standard InChI is InChI=1S/C19H26ClN5OS/c20-16-5-4-6-17(13-16)24-11-9-23(10-12-24)15-25-19(27)26-18(21-25)14-22-7-2-1-3-8-22/h4-6,13H,1-3,7-12,14-15H2. The van der Waals surface area contributed by atoms with Crippen molar-refractivity contribution in [1.29, 1.82) is 0 Å². The van der Waals surface area contributed by atoms with Crippen LogP contribution in [0.1, 0.15) is 25.2 Å². The fourth-order valence-electron chi connectivity index (χ4n) is 3.82. The molecule has 1 aromatic heterocycles. The van der Waals surface area contributed by atoms with Gasteiger partial charge < -0.3 is 9.32 Å². The molecule has 0 bridgehead atoms. The van der Waals surface area contributed by atoms with Gasteiger partial charge in [-0.05, 0) is 56.3 Å². The summed E-state index contributed by atoms with van der Waals surface area (Å²) in [6.07, 6.45) is 3.85. The summed E-state index contributed by atoms with van der Waals surface area (Å²) in [7, 11) is 0. The van der Waals surface area contributed by atoms with E-state index >= 15 is 0 Å². The third kappa shape index (κ3) is 4.90. The molecule has 8 heteroatoms. The first kappa shape index (κ1) is 18.9. The van der Waals surface area contributed by atoms with Gasteiger partial charge in [-0.15, -0.1) is 5.10 Å². The summed E-state index contributed by atoms with van der Waals surface area (Å²) in [5, 5.41) is 5.40. The van der Waals surface area contributed by atoms with Gasteiger partial charge >= 0.3 is 0 Å². The van der Waals surface area contributed by atoms with E-state index in [1.54, 1.807) is 0 Å². The van der Waals surface area contributed by atoms with Crippen LogP contribution in [0.15, 0.2) is 28.7 Å². The lowest BCUT2D eigenvalue weighted by Gasteiger charge is -2.35. The maximum atomic E-state index is 6.12. The molecule has 0 saturated carbocycles. The van der Waals surface area contributed by atoms with Crippen molar-refractivity contribution in [3.05, 3.63) is 40.0 Å². The molecule has 4 rings (SSSR count). The largest absolute Gasteiger partial charge is 0.412 e. The van der Waals surface area contributed by atoms with Crippen molar-refractivity contribution in [2.24, 2.45) is 0 Å². The number of anilines is 1. The number of halogens is 1. The number of benzene rings is 1. The summed E-state index contributed by atoms with van der Waals surface area (Å²) in [4.78, 5) is 7.60. The van der Waals surface area contributed by atoms with Gasteiger partial charge in [0.05, 0.1) is 13.2 Å². The highest BCUT2D eigenvalue weighted by molar-refractivity contribution is 7.71. The number of aromatic nitrogens is 2. The third-order valence-corrected chi connectivity index (χ3v) is 5.86.